The van der Waals surface area contributed by atoms with Crippen molar-refractivity contribution in [3.8, 4) is 0 Å². The predicted octanol–water partition coefficient (Wildman–Crippen LogP) is 1.80. The number of hydrogen-bond acceptors (Lipinski definition) is 3. The number of rotatable bonds is 5. The molecule has 1 aliphatic carbocycles. The van der Waals surface area contributed by atoms with Crippen LogP contribution >= 0.6 is 0 Å². The topological polar surface area (TPSA) is 69.7 Å². The Morgan fingerprint density at radius 1 is 1.26 bits per heavy atom. The number of benzene rings is 1. The maximum atomic E-state index is 12.8. The fourth-order valence-electron chi connectivity index (χ4n) is 2.74. The molecule has 0 spiro atoms. The van der Waals surface area contributed by atoms with Gasteiger partial charge in [-0.1, -0.05) is 17.7 Å². The Kier molecular flexibility index (Phi) is 4.06. The minimum Gasteiger partial charge on any atom is -0.351 e. The van der Waals surface area contributed by atoms with Crippen LogP contribution in [-0.2, 0) is 15.0 Å². The van der Waals surface area contributed by atoms with Crippen molar-refractivity contribution in [2.24, 2.45) is 0 Å². The predicted molar refractivity (Wildman–Crippen MR) is 90.6 cm³/mol. The zero-order valence-electron chi connectivity index (χ0n) is 13.3. The molecule has 1 amide bonds. The van der Waals surface area contributed by atoms with Crippen molar-refractivity contribution in [2.75, 3.05) is 21.7 Å². The maximum absolute atomic E-state index is 12.8. The third kappa shape index (κ3) is 3.06. The number of nitrogens with one attached hydrogen (secondary N) is 1. The van der Waals surface area contributed by atoms with E-state index < -0.39 is 10.2 Å². The summed E-state index contributed by atoms with van der Waals surface area (Å²) >= 11 is 0. The van der Waals surface area contributed by atoms with Crippen molar-refractivity contribution in [3.05, 3.63) is 35.9 Å². The third-order valence-electron chi connectivity index (χ3n) is 3.83. The Balaban J connectivity index is 1.76. The van der Waals surface area contributed by atoms with Crippen LogP contribution in [0.1, 0.15) is 26.7 Å². The van der Waals surface area contributed by atoms with E-state index in [-0.39, 0.29) is 25.0 Å². The fourth-order valence-corrected chi connectivity index (χ4v) is 4.67. The molecule has 1 N–H and O–H groups in total. The Morgan fingerprint density at radius 2 is 1.91 bits per heavy atom. The average Bonchev–Trinajstić information content (AvgIpc) is 3.25. The summed E-state index contributed by atoms with van der Waals surface area (Å²) in [7, 11) is -3.54. The zero-order valence-corrected chi connectivity index (χ0v) is 14.1. The minimum absolute atomic E-state index is 0.0754. The molecule has 0 aromatic heterocycles. The van der Waals surface area contributed by atoms with E-state index in [2.05, 4.69) is 5.32 Å². The first-order valence-electron chi connectivity index (χ1n) is 7.75. The van der Waals surface area contributed by atoms with Crippen LogP contribution in [0.2, 0.25) is 0 Å². The fraction of sp³-hybridized carbons (Fsp3) is 0.438. The first kappa shape index (κ1) is 15.9. The highest BCUT2D eigenvalue weighted by Crippen LogP contribution is 2.46. The number of carbonyl (C=O) groups excluding carboxylic acids is 1. The van der Waals surface area contributed by atoms with Gasteiger partial charge in [-0.2, -0.15) is 8.42 Å². The van der Waals surface area contributed by atoms with Crippen molar-refractivity contribution in [1.29, 1.82) is 0 Å². The molecule has 7 heteroatoms. The van der Waals surface area contributed by atoms with Gasteiger partial charge in [-0.15, -0.1) is 0 Å². The van der Waals surface area contributed by atoms with Crippen LogP contribution in [-0.4, -0.2) is 33.5 Å². The van der Waals surface area contributed by atoms with Gasteiger partial charge in [0.15, 0.2) is 0 Å². The summed E-state index contributed by atoms with van der Waals surface area (Å²) in [5.74, 6) is -0.200. The highest BCUT2D eigenvalue weighted by molar-refractivity contribution is 7.94. The molecule has 0 unspecified atom stereocenters. The molecule has 1 aliphatic heterocycles. The zero-order chi connectivity index (χ0) is 16.6. The Labute approximate surface area is 137 Å². The molecule has 0 radical (unpaired) electrons. The van der Waals surface area contributed by atoms with Crippen molar-refractivity contribution in [2.45, 2.75) is 32.7 Å². The molecule has 124 valence electrons. The van der Waals surface area contributed by atoms with Crippen molar-refractivity contribution >= 4 is 27.5 Å². The van der Waals surface area contributed by atoms with E-state index in [9.17, 15) is 13.2 Å². The quantitative estimate of drug-likeness (QED) is 0.834. The number of carbonyl (C=O) groups is 1. The minimum atomic E-state index is -3.54. The van der Waals surface area contributed by atoms with Crippen molar-refractivity contribution in [1.82, 2.24) is 5.32 Å². The largest absolute Gasteiger partial charge is 0.351 e. The lowest BCUT2D eigenvalue weighted by molar-refractivity contribution is -0.116. The molecule has 1 aromatic rings. The molecule has 1 aromatic carbocycles. The highest BCUT2D eigenvalue weighted by Gasteiger charge is 2.47. The van der Waals surface area contributed by atoms with E-state index >= 15 is 0 Å². The number of para-hydroxylation sites is 2. The number of anilines is 2. The lowest BCUT2D eigenvalue weighted by atomic mass is 10.2. The third-order valence-corrected chi connectivity index (χ3v) is 5.76. The molecule has 1 saturated carbocycles. The van der Waals surface area contributed by atoms with Gasteiger partial charge in [0, 0.05) is 18.7 Å². The standard InChI is InChI=1S/C16H21N3O3S/c1-12(2)11-16(20)17-9-10-18-14-5-3-4-6-15(14)19(13-7-8-13)23(18,21)22/h3-6,11,13H,7-10H2,1-2H3,(H,17,20). The number of nitrogens with zero attached hydrogens (tertiary/aromatic N) is 2. The summed E-state index contributed by atoms with van der Waals surface area (Å²) in [5.41, 5.74) is 2.34. The first-order chi connectivity index (χ1) is 10.9. The molecule has 6 nitrogen and oxygen atoms in total. The van der Waals surface area contributed by atoms with Gasteiger partial charge >= 0.3 is 10.2 Å². The SMILES string of the molecule is CC(C)=CC(=O)NCCN1c2ccccc2N(C2CC2)S1(=O)=O. The monoisotopic (exact) mass is 335 g/mol. The summed E-state index contributed by atoms with van der Waals surface area (Å²) in [6.45, 7) is 4.18. The molecule has 2 aliphatic rings. The van der Waals surface area contributed by atoms with Crippen molar-refractivity contribution in [3.63, 3.8) is 0 Å². The molecule has 3 rings (SSSR count). The number of amides is 1. The smallest absolute Gasteiger partial charge is 0.326 e. The van der Waals surface area contributed by atoms with Gasteiger partial charge in [0.2, 0.25) is 5.91 Å². The number of allylic oxidation sites excluding steroid dienone is 1. The molecule has 1 fully saturated rings. The van der Waals surface area contributed by atoms with Crippen LogP contribution in [0.15, 0.2) is 35.9 Å². The molecule has 0 bridgehead atoms. The lowest BCUT2D eigenvalue weighted by Gasteiger charge is -2.21. The second-order valence-electron chi connectivity index (χ2n) is 6.11. The van der Waals surface area contributed by atoms with Gasteiger partial charge in [0.25, 0.3) is 0 Å². The number of hydrogen-bond donors (Lipinski definition) is 1. The maximum Gasteiger partial charge on any atom is 0.326 e. The van der Waals surface area contributed by atoms with E-state index in [4.69, 9.17) is 0 Å². The van der Waals surface area contributed by atoms with Crippen LogP contribution in [0.3, 0.4) is 0 Å². The first-order valence-corrected chi connectivity index (χ1v) is 9.15. The summed E-state index contributed by atoms with van der Waals surface area (Å²) in [6.07, 6.45) is 3.31. The molecular weight excluding hydrogens is 314 g/mol. The normalized spacial score (nSPS) is 18.5. The van der Waals surface area contributed by atoms with E-state index in [1.165, 1.54) is 14.7 Å². The van der Waals surface area contributed by atoms with Gasteiger partial charge in [-0.3, -0.25) is 4.79 Å². The Morgan fingerprint density at radius 3 is 2.52 bits per heavy atom. The second kappa shape index (κ2) is 5.88. The van der Waals surface area contributed by atoms with Gasteiger partial charge in [0.05, 0.1) is 17.9 Å². The van der Waals surface area contributed by atoms with Crippen LogP contribution in [0.4, 0.5) is 11.4 Å². The molecule has 0 atom stereocenters. The van der Waals surface area contributed by atoms with Crippen LogP contribution in [0, 0.1) is 0 Å². The molecule has 23 heavy (non-hydrogen) atoms. The summed E-state index contributed by atoms with van der Waals surface area (Å²) in [5, 5.41) is 2.73. The van der Waals surface area contributed by atoms with E-state index in [0.717, 1.165) is 24.1 Å². The summed E-state index contributed by atoms with van der Waals surface area (Å²) in [4.78, 5) is 11.7. The van der Waals surface area contributed by atoms with Crippen molar-refractivity contribution < 1.29 is 13.2 Å². The van der Waals surface area contributed by atoms with Crippen LogP contribution < -0.4 is 13.9 Å². The van der Waals surface area contributed by atoms with Gasteiger partial charge in [-0.25, -0.2) is 8.61 Å². The van der Waals surface area contributed by atoms with Gasteiger partial charge in [0.1, 0.15) is 0 Å². The van der Waals surface area contributed by atoms with Crippen LogP contribution in [0.5, 0.6) is 0 Å². The highest BCUT2D eigenvalue weighted by atomic mass is 32.2. The van der Waals surface area contributed by atoms with E-state index in [1.807, 2.05) is 38.1 Å². The molecule has 1 heterocycles. The second-order valence-corrected chi connectivity index (χ2v) is 7.84. The number of fused-ring (bicyclic) bond motifs is 1. The van der Waals surface area contributed by atoms with Gasteiger partial charge in [-0.05, 0) is 38.8 Å². The molecule has 0 saturated heterocycles. The molecular formula is C16H21N3O3S. The van der Waals surface area contributed by atoms with E-state index in [1.54, 1.807) is 0 Å². The average molecular weight is 335 g/mol. The van der Waals surface area contributed by atoms with Gasteiger partial charge < -0.3 is 5.32 Å². The van der Waals surface area contributed by atoms with E-state index in [0.29, 0.717) is 5.69 Å². The Hall–Kier alpha value is -2.02. The summed E-state index contributed by atoms with van der Waals surface area (Å²) in [6, 6.07) is 7.41. The lowest BCUT2D eigenvalue weighted by Crippen LogP contribution is -2.42. The summed E-state index contributed by atoms with van der Waals surface area (Å²) < 4.78 is 28.5. The van der Waals surface area contributed by atoms with Crippen LogP contribution in [0.25, 0.3) is 0 Å². The Bertz CT molecular complexity index is 750.